The van der Waals surface area contributed by atoms with Crippen molar-refractivity contribution in [2.24, 2.45) is 5.16 Å². The Morgan fingerprint density at radius 2 is 2.03 bits per heavy atom. The zero-order valence-electron chi connectivity index (χ0n) is 18.6. The fraction of sp³-hybridized carbons (Fsp3) is 0.211. The number of aliphatic carboxylic acids is 1. The molecule has 0 unspecified atom stereocenters. The van der Waals surface area contributed by atoms with E-state index in [1.807, 2.05) is 0 Å². The van der Waals surface area contributed by atoms with Gasteiger partial charge in [0.15, 0.2) is 10.8 Å². The minimum absolute atomic E-state index is 0. The number of thioether (sulfide) groups is 1. The summed E-state index contributed by atoms with van der Waals surface area (Å²) in [4.78, 5) is 55.1. The molecule has 2 atom stereocenters. The molecule has 182 valence electrons. The van der Waals surface area contributed by atoms with Crippen LogP contribution in [0.1, 0.15) is 11.3 Å². The van der Waals surface area contributed by atoms with Crippen molar-refractivity contribution in [3.63, 3.8) is 0 Å². The number of carboxylic acid groups (broad SMARTS) is 1. The first-order valence-corrected chi connectivity index (χ1v) is 12.3. The maximum atomic E-state index is 12.9. The van der Waals surface area contributed by atoms with Crippen LogP contribution in [-0.4, -0.2) is 67.6 Å². The number of amides is 2. The molecule has 1 saturated heterocycles. The summed E-state index contributed by atoms with van der Waals surface area (Å²) < 4.78 is 0. The van der Waals surface area contributed by atoms with Gasteiger partial charge in [0.25, 0.3) is 11.8 Å². The molecule has 17 heteroatoms. The summed E-state index contributed by atoms with van der Waals surface area (Å²) in [6.45, 7) is 0. The number of fused-ring (bicyclic) bond motifs is 1. The largest absolute Gasteiger partial charge is 1.00 e. The molecule has 0 aromatic carbocycles. The number of nitrogens with one attached hydrogen (secondary N) is 1. The Kier molecular flexibility index (Phi) is 9.38. The molecule has 12 nitrogen and oxygen atoms in total. The van der Waals surface area contributed by atoms with Gasteiger partial charge in [-0.05, 0) is 11.6 Å². The topological polar surface area (TPSA) is 176 Å². The van der Waals surface area contributed by atoms with Crippen molar-refractivity contribution in [1.29, 1.82) is 0 Å². The number of anilines is 1. The quantitative estimate of drug-likeness (QED) is 0.116. The first-order valence-electron chi connectivity index (χ1n) is 9.59. The summed E-state index contributed by atoms with van der Waals surface area (Å²) >= 11 is 14.4. The van der Waals surface area contributed by atoms with Gasteiger partial charge in [-0.2, -0.15) is 0 Å². The molecular formula is C19H14Cl2N7NaO5S2. The third-order valence-electron chi connectivity index (χ3n) is 4.88. The van der Waals surface area contributed by atoms with E-state index < -0.39 is 29.2 Å². The number of nitrogen functional groups attached to an aromatic ring is 1. The van der Waals surface area contributed by atoms with Crippen molar-refractivity contribution in [1.82, 2.24) is 25.2 Å². The van der Waals surface area contributed by atoms with E-state index in [-0.39, 0.29) is 67.9 Å². The maximum absolute atomic E-state index is 12.9. The van der Waals surface area contributed by atoms with E-state index in [1.165, 1.54) is 42.7 Å². The van der Waals surface area contributed by atoms with Crippen molar-refractivity contribution < 1.29 is 53.9 Å². The summed E-state index contributed by atoms with van der Waals surface area (Å²) in [5, 5.41) is 19.4. The number of nitrogens with two attached hydrogens (primary N) is 1. The summed E-state index contributed by atoms with van der Waals surface area (Å²) in [6.07, 6.45) is 4.11. The van der Waals surface area contributed by atoms with Gasteiger partial charge >= 0.3 is 29.6 Å². The van der Waals surface area contributed by atoms with Crippen LogP contribution in [0.3, 0.4) is 0 Å². The number of halogens is 2. The number of allylic oxidation sites excluding steroid dienone is 1. The average Bonchev–Trinajstić information content (AvgIpc) is 3.25. The second-order valence-electron chi connectivity index (χ2n) is 6.92. The molecule has 0 saturated carbocycles. The Bertz CT molecular complexity index is 1300. The number of carboxylic acids is 1. The maximum Gasteiger partial charge on any atom is 1.00 e. The van der Waals surface area contributed by atoms with Gasteiger partial charge < -0.3 is 25.8 Å². The van der Waals surface area contributed by atoms with E-state index in [0.29, 0.717) is 11.1 Å². The predicted octanol–water partition coefficient (Wildman–Crippen LogP) is -2.71. The van der Waals surface area contributed by atoms with Gasteiger partial charge in [0.1, 0.15) is 40.9 Å². The van der Waals surface area contributed by atoms with Crippen LogP contribution in [0.25, 0.3) is 6.08 Å². The summed E-state index contributed by atoms with van der Waals surface area (Å²) in [6, 6.07) is -1.00. The van der Waals surface area contributed by atoms with E-state index >= 15 is 0 Å². The molecule has 0 bridgehead atoms. The number of hydrogen-bond donors (Lipinski definition) is 2. The van der Waals surface area contributed by atoms with Crippen molar-refractivity contribution in [3.8, 4) is 0 Å². The smallest absolute Gasteiger partial charge is 0.543 e. The van der Waals surface area contributed by atoms with Gasteiger partial charge in [-0.3, -0.25) is 14.5 Å². The van der Waals surface area contributed by atoms with Gasteiger partial charge in [-0.1, -0.05) is 34.4 Å². The Balaban J connectivity index is 0.00000361. The zero-order chi connectivity index (χ0) is 25.3. The van der Waals surface area contributed by atoms with Crippen molar-refractivity contribution >= 4 is 81.0 Å². The number of oxime groups is 1. The van der Waals surface area contributed by atoms with Crippen LogP contribution >= 0.6 is 46.3 Å². The fourth-order valence-corrected chi connectivity index (χ4v) is 5.64. The Morgan fingerprint density at radius 1 is 1.33 bits per heavy atom. The molecule has 0 spiro atoms. The number of carbonyl (C=O) groups is 3. The summed E-state index contributed by atoms with van der Waals surface area (Å²) in [5.74, 6) is -2.71. The van der Waals surface area contributed by atoms with Gasteiger partial charge in [-0.15, -0.1) is 23.1 Å². The molecule has 1 fully saturated rings. The molecule has 3 N–H and O–H groups in total. The van der Waals surface area contributed by atoms with Gasteiger partial charge in [-0.25, -0.2) is 15.0 Å². The first kappa shape index (κ1) is 28.4. The third kappa shape index (κ3) is 5.54. The number of β-lactam (4-membered cyclic amide) rings is 1. The second-order valence-corrected chi connectivity index (χ2v) is 9.63. The van der Waals surface area contributed by atoms with Gasteiger partial charge in [0, 0.05) is 16.7 Å². The van der Waals surface area contributed by atoms with E-state index in [1.54, 1.807) is 0 Å². The van der Waals surface area contributed by atoms with Crippen LogP contribution in [0.5, 0.6) is 0 Å². The van der Waals surface area contributed by atoms with Gasteiger partial charge in [0.05, 0.1) is 11.7 Å². The standard InChI is InChI=1S/C19H15Cl2N7O5S2.Na/c1-33-27-10(9-5-35-19(22)25-9)15(29)26-11-16(30)28-12(18(31)32)7(4-34-17(11)28)2-3-8-13(20)23-6-24-14(8)21;/h2-3,5-6,11,17H,4H2,1H3,(H2,22,25)(H,26,29)(H,31,32);/q;+1/p-1/b3-2+,27-10-;/t11-,17+;/m1./s1. The van der Waals surface area contributed by atoms with Crippen LogP contribution in [0.15, 0.2) is 34.2 Å². The number of carbonyl (C=O) groups excluding carboxylic acids is 3. The first-order chi connectivity index (χ1) is 16.7. The van der Waals surface area contributed by atoms with E-state index in [9.17, 15) is 19.5 Å². The number of hydrogen-bond acceptors (Lipinski definition) is 12. The molecule has 0 radical (unpaired) electrons. The van der Waals surface area contributed by atoms with Crippen LogP contribution < -0.4 is 45.7 Å². The molecule has 2 aliphatic rings. The SMILES string of the molecule is CO/N=C(\C(=O)N[C@@H]1C(=O)N2C(C(=O)[O-])=C(/C=C/c3c(Cl)ncnc3Cl)CS[C@@H]12)c1csc(N)n1.[Na+]. The molecule has 2 aromatic heterocycles. The Hall–Kier alpha value is -2.20. The number of nitrogens with zero attached hydrogens (tertiary/aromatic N) is 5. The molecule has 4 rings (SSSR count). The van der Waals surface area contributed by atoms with Crippen LogP contribution in [0.2, 0.25) is 10.3 Å². The third-order valence-corrected chi connectivity index (χ3v) is 7.46. The minimum atomic E-state index is -1.55. The monoisotopic (exact) mass is 577 g/mol. The van der Waals surface area contributed by atoms with Crippen molar-refractivity contribution in [2.75, 3.05) is 18.6 Å². The van der Waals surface area contributed by atoms with E-state index in [4.69, 9.17) is 33.8 Å². The van der Waals surface area contributed by atoms with E-state index in [0.717, 1.165) is 16.2 Å². The average molecular weight is 578 g/mol. The summed E-state index contributed by atoms with van der Waals surface area (Å²) in [5.41, 5.74) is 5.89. The van der Waals surface area contributed by atoms with Crippen molar-refractivity contribution in [3.05, 3.63) is 50.6 Å². The predicted molar refractivity (Wildman–Crippen MR) is 128 cm³/mol. The Morgan fingerprint density at radius 3 is 2.61 bits per heavy atom. The normalized spacial score (nSPS) is 19.5. The number of rotatable bonds is 7. The molecule has 2 aliphatic heterocycles. The molecule has 2 aromatic rings. The molecular weight excluding hydrogens is 564 g/mol. The van der Waals surface area contributed by atoms with Crippen molar-refractivity contribution in [2.45, 2.75) is 11.4 Å². The van der Waals surface area contributed by atoms with Crippen LogP contribution in [-0.2, 0) is 19.2 Å². The molecule has 0 aliphatic carbocycles. The van der Waals surface area contributed by atoms with E-state index in [2.05, 4.69) is 25.4 Å². The zero-order valence-corrected chi connectivity index (χ0v) is 23.7. The Labute approximate surface area is 244 Å². The minimum Gasteiger partial charge on any atom is -0.543 e. The molecule has 36 heavy (non-hydrogen) atoms. The van der Waals surface area contributed by atoms with Crippen LogP contribution in [0, 0.1) is 0 Å². The van der Waals surface area contributed by atoms with Gasteiger partial charge in [0.2, 0.25) is 0 Å². The molecule has 4 heterocycles. The van der Waals surface area contributed by atoms with Crippen LogP contribution in [0.4, 0.5) is 5.13 Å². The molecule has 2 amide bonds. The second kappa shape index (κ2) is 11.9. The summed E-state index contributed by atoms with van der Waals surface area (Å²) in [7, 11) is 1.25. The fourth-order valence-electron chi connectivity index (χ4n) is 3.34. The number of thiazole rings is 1. The number of aromatic nitrogens is 3.